The fraction of sp³-hybridized carbons (Fsp3) is 0.692. The van der Waals surface area contributed by atoms with Gasteiger partial charge < -0.3 is 10.6 Å². The summed E-state index contributed by atoms with van der Waals surface area (Å²) in [5.41, 5.74) is 6.86. The molecular formula is C13H19Cl2N5. The molecule has 3 rings (SSSR count). The van der Waals surface area contributed by atoms with Crippen LogP contribution >= 0.6 is 23.2 Å². The number of likely N-dealkylation sites (tertiary alicyclic amines) is 1. The second-order valence-corrected chi connectivity index (χ2v) is 6.35. The summed E-state index contributed by atoms with van der Waals surface area (Å²) in [5, 5.41) is 8.46. The van der Waals surface area contributed by atoms with Crippen molar-refractivity contribution in [2.24, 2.45) is 5.73 Å². The highest BCUT2D eigenvalue weighted by molar-refractivity contribution is 6.33. The number of halogens is 2. The molecule has 0 saturated carbocycles. The van der Waals surface area contributed by atoms with Crippen LogP contribution in [0.25, 0.3) is 0 Å². The molecule has 1 aromatic rings. The van der Waals surface area contributed by atoms with Gasteiger partial charge in [0.25, 0.3) is 0 Å². The van der Waals surface area contributed by atoms with Crippen LogP contribution in [0.3, 0.4) is 0 Å². The Bertz CT molecular complexity index is 476. The minimum atomic E-state index is 0.376. The van der Waals surface area contributed by atoms with Gasteiger partial charge in [0.05, 0.1) is 5.69 Å². The molecule has 2 aliphatic rings. The summed E-state index contributed by atoms with van der Waals surface area (Å²) in [6, 6.07) is 2.75. The number of anilines is 1. The summed E-state index contributed by atoms with van der Waals surface area (Å²) < 4.78 is 0. The Morgan fingerprint density at radius 2 is 1.85 bits per heavy atom. The third kappa shape index (κ3) is 3.01. The quantitative estimate of drug-likeness (QED) is 0.901. The van der Waals surface area contributed by atoms with E-state index in [1.54, 1.807) is 6.07 Å². The van der Waals surface area contributed by atoms with E-state index in [2.05, 4.69) is 20.0 Å². The maximum absolute atomic E-state index is 6.12. The predicted molar refractivity (Wildman–Crippen MR) is 81.5 cm³/mol. The Kier molecular flexibility index (Phi) is 4.31. The molecule has 7 heteroatoms. The van der Waals surface area contributed by atoms with Crippen molar-refractivity contribution in [3.63, 3.8) is 0 Å². The average Bonchev–Trinajstić information content (AvgIpc) is 2.92. The highest BCUT2D eigenvalue weighted by atomic mass is 35.5. The third-order valence-electron chi connectivity index (χ3n) is 4.30. The lowest BCUT2D eigenvalue weighted by Gasteiger charge is -2.34. The maximum atomic E-state index is 6.12. The van der Waals surface area contributed by atoms with Gasteiger partial charge in [-0.3, -0.25) is 4.90 Å². The molecule has 5 nitrogen and oxygen atoms in total. The van der Waals surface area contributed by atoms with Crippen LogP contribution in [0.5, 0.6) is 0 Å². The molecule has 20 heavy (non-hydrogen) atoms. The van der Waals surface area contributed by atoms with Gasteiger partial charge in [-0.05, 0) is 32.4 Å². The first-order chi connectivity index (χ1) is 9.63. The number of hydrogen-bond donors (Lipinski definition) is 1. The average molecular weight is 316 g/mol. The van der Waals surface area contributed by atoms with Crippen LogP contribution in [0, 0.1) is 0 Å². The van der Waals surface area contributed by atoms with Crippen LogP contribution in [0.15, 0.2) is 6.07 Å². The minimum Gasteiger partial charge on any atom is -0.367 e. The van der Waals surface area contributed by atoms with E-state index in [0.717, 1.165) is 51.1 Å². The molecule has 2 fully saturated rings. The second kappa shape index (κ2) is 6.02. The number of nitrogens with zero attached hydrogens (tertiary/aromatic N) is 4. The SMILES string of the molecule is NC1CCN(C2CCN(c3cc(Cl)nnc3Cl)C2)CC1. The lowest BCUT2D eigenvalue weighted by Crippen LogP contribution is -2.46. The van der Waals surface area contributed by atoms with Crippen LogP contribution in [0.2, 0.25) is 10.3 Å². The van der Waals surface area contributed by atoms with Crippen molar-refractivity contribution >= 4 is 28.9 Å². The van der Waals surface area contributed by atoms with E-state index in [1.165, 1.54) is 0 Å². The number of hydrogen-bond acceptors (Lipinski definition) is 5. The molecule has 3 heterocycles. The van der Waals surface area contributed by atoms with Crippen molar-refractivity contribution in [1.82, 2.24) is 15.1 Å². The molecule has 0 aromatic carbocycles. The Balaban J connectivity index is 1.66. The predicted octanol–water partition coefficient (Wildman–Crippen LogP) is 1.79. The summed E-state index contributed by atoms with van der Waals surface area (Å²) in [7, 11) is 0. The van der Waals surface area contributed by atoms with E-state index >= 15 is 0 Å². The molecule has 0 bridgehead atoms. The molecule has 2 N–H and O–H groups in total. The third-order valence-corrected chi connectivity index (χ3v) is 4.75. The largest absolute Gasteiger partial charge is 0.367 e. The molecular weight excluding hydrogens is 297 g/mol. The number of rotatable bonds is 2. The van der Waals surface area contributed by atoms with Gasteiger partial charge in [0.1, 0.15) is 0 Å². The van der Waals surface area contributed by atoms with E-state index < -0.39 is 0 Å². The first-order valence-electron chi connectivity index (χ1n) is 7.07. The van der Waals surface area contributed by atoms with Gasteiger partial charge in [-0.25, -0.2) is 0 Å². The van der Waals surface area contributed by atoms with Gasteiger partial charge in [-0.15, -0.1) is 10.2 Å². The summed E-state index contributed by atoms with van der Waals surface area (Å²) in [5.74, 6) is 0. The van der Waals surface area contributed by atoms with Crippen molar-refractivity contribution in [3.05, 3.63) is 16.4 Å². The standard InChI is InChI=1S/C13H19Cl2N5/c14-12-7-11(13(15)18-17-12)20-6-3-10(8-20)19-4-1-9(16)2-5-19/h7,9-10H,1-6,8,16H2. The van der Waals surface area contributed by atoms with E-state index in [4.69, 9.17) is 28.9 Å². The Labute approximate surface area is 129 Å². The molecule has 0 aliphatic carbocycles. The fourth-order valence-corrected chi connectivity index (χ4v) is 3.46. The zero-order chi connectivity index (χ0) is 14.1. The normalized spacial score (nSPS) is 25.4. The highest BCUT2D eigenvalue weighted by Crippen LogP contribution is 2.30. The lowest BCUT2D eigenvalue weighted by atomic mass is 10.0. The molecule has 1 unspecified atom stereocenters. The van der Waals surface area contributed by atoms with Gasteiger partial charge in [0.2, 0.25) is 0 Å². The molecule has 0 radical (unpaired) electrons. The van der Waals surface area contributed by atoms with E-state index in [0.29, 0.717) is 22.4 Å². The van der Waals surface area contributed by atoms with Crippen LogP contribution in [-0.2, 0) is 0 Å². The summed E-state index contributed by atoms with van der Waals surface area (Å²) >= 11 is 12.0. The van der Waals surface area contributed by atoms with Crippen LogP contribution in [0.1, 0.15) is 19.3 Å². The van der Waals surface area contributed by atoms with E-state index in [9.17, 15) is 0 Å². The highest BCUT2D eigenvalue weighted by Gasteiger charge is 2.31. The summed E-state index contributed by atoms with van der Waals surface area (Å²) in [4.78, 5) is 4.80. The number of aromatic nitrogens is 2. The second-order valence-electron chi connectivity index (χ2n) is 5.61. The van der Waals surface area contributed by atoms with Crippen molar-refractivity contribution in [2.45, 2.75) is 31.3 Å². The lowest BCUT2D eigenvalue weighted by molar-refractivity contribution is 0.163. The van der Waals surface area contributed by atoms with Gasteiger partial charge >= 0.3 is 0 Å². The van der Waals surface area contributed by atoms with Crippen LogP contribution in [0.4, 0.5) is 5.69 Å². The van der Waals surface area contributed by atoms with E-state index in [1.807, 2.05) is 0 Å². The first-order valence-corrected chi connectivity index (χ1v) is 7.82. The molecule has 1 aromatic heterocycles. The zero-order valence-electron chi connectivity index (χ0n) is 11.3. The fourth-order valence-electron chi connectivity index (χ4n) is 3.11. The Hall–Kier alpha value is -0.620. The zero-order valence-corrected chi connectivity index (χ0v) is 12.8. The molecule has 2 aliphatic heterocycles. The van der Waals surface area contributed by atoms with Crippen molar-refractivity contribution in [3.8, 4) is 0 Å². The van der Waals surface area contributed by atoms with Gasteiger partial charge in [-0.1, -0.05) is 23.2 Å². The smallest absolute Gasteiger partial charge is 0.175 e. The number of piperidine rings is 1. The Morgan fingerprint density at radius 1 is 1.10 bits per heavy atom. The van der Waals surface area contributed by atoms with E-state index in [-0.39, 0.29) is 0 Å². The molecule has 1 atom stereocenters. The van der Waals surface area contributed by atoms with Gasteiger partial charge in [0, 0.05) is 31.2 Å². The van der Waals surface area contributed by atoms with Crippen molar-refractivity contribution in [2.75, 3.05) is 31.1 Å². The maximum Gasteiger partial charge on any atom is 0.175 e. The molecule has 2 saturated heterocycles. The van der Waals surface area contributed by atoms with Crippen molar-refractivity contribution in [1.29, 1.82) is 0 Å². The van der Waals surface area contributed by atoms with Gasteiger partial charge in [-0.2, -0.15) is 0 Å². The van der Waals surface area contributed by atoms with Crippen LogP contribution in [-0.4, -0.2) is 53.4 Å². The minimum absolute atomic E-state index is 0.376. The molecule has 0 amide bonds. The van der Waals surface area contributed by atoms with Crippen LogP contribution < -0.4 is 10.6 Å². The van der Waals surface area contributed by atoms with Gasteiger partial charge in [0.15, 0.2) is 10.3 Å². The topological polar surface area (TPSA) is 58.3 Å². The molecule has 0 spiro atoms. The summed E-state index contributed by atoms with van der Waals surface area (Å²) in [6.45, 7) is 4.15. The first kappa shape index (κ1) is 14.3. The molecule has 110 valence electrons. The van der Waals surface area contributed by atoms with Crippen molar-refractivity contribution < 1.29 is 0 Å². The monoisotopic (exact) mass is 315 g/mol. The summed E-state index contributed by atoms with van der Waals surface area (Å²) in [6.07, 6.45) is 3.34. The Morgan fingerprint density at radius 3 is 2.60 bits per heavy atom. The number of nitrogens with two attached hydrogens (primary N) is 1.